The van der Waals surface area contributed by atoms with Crippen LogP contribution in [0.25, 0.3) is 0 Å². The van der Waals surface area contributed by atoms with Crippen molar-refractivity contribution in [2.45, 2.75) is 65.8 Å². The SMILES string of the molecule is CC(C)C[C@@H](NC(=O)OC(C)(C)C)C(=O)NOCc1ccc(CN)cc1. The molecule has 7 heteroatoms. The molecule has 0 bridgehead atoms. The third-order valence-electron chi connectivity index (χ3n) is 3.38. The van der Waals surface area contributed by atoms with Crippen LogP contribution in [0.1, 0.15) is 52.2 Å². The van der Waals surface area contributed by atoms with Gasteiger partial charge in [-0.1, -0.05) is 38.1 Å². The summed E-state index contributed by atoms with van der Waals surface area (Å²) in [5.41, 5.74) is 9.26. The molecule has 0 saturated heterocycles. The number of ether oxygens (including phenoxy) is 1. The molecule has 0 aliphatic carbocycles. The Morgan fingerprint density at radius 3 is 2.19 bits per heavy atom. The summed E-state index contributed by atoms with van der Waals surface area (Å²) in [6, 6.07) is 6.86. The number of hydroxylamine groups is 1. The van der Waals surface area contributed by atoms with Crippen molar-refractivity contribution in [3.8, 4) is 0 Å². The first-order chi connectivity index (χ1) is 12.1. The van der Waals surface area contributed by atoms with Gasteiger partial charge in [-0.05, 0) is 44.2 Å². The van der Waals surface area contributed by atoms with E-state index < -0.39 is 23.6 Å². The molecule has 4 N–H and O–H groups in total. The van der Waals surface area contributed by atoms with E-state index in [1.165, 1.54) is 0 Å². The maximum atomic E-state index is 12.3. The third-order valence-corrected chi connectivity index (χ3v) is 3.38. The van der Waals surface area contributed by atoms with Gasteiger partial charge in [-0.2, -0.15) is 0 Å². The molecule has 26 heavy (non-hydrogen) atoms. The number of nitrogens with two attached hydrogens (primary N) is 1. The quantitative estimate of drug-likeness (QED) is 0.615. The van der Waals surface area contributed by atoms with Crippen molar-refractivity contribution in [3.63, 3.8) is 0 Å². The Morgan fingerprint density at radius 1 is 1.12 bits per heavy atom. The van der Waals surface area contributed by atoms with E-state index in [2.05, 4.69) is 10.8 Å². The summed E-state index contributed by atoms with van der Waals surface area (Å²) < 4.78 is 5.21. The average Bonchev–Trinajstić information content (AvgIpc) is 2.52. The van der Waals surface area contributed by atoms with E-state index in [4.69, 9.17) is 15.3 Å². The first kappa shape index (κ1) is 21.9. The molecule has 0 saturated carbocycles. The Balaban J connectivity index is 2.54. The molecule has 0 unspecified atom stereocenters. The van der Waals surface area contributed by atoms with E-state index in [-0.39, 0.29) is 12.5 Å². The van der Waals surface area contributed by atoms with Crippen LogP contribution in [0.4, 0.5) is 4.79 Å². The van der Waals surface area contributed by atoms with Crippen LogP contribution in [-0.4, -0.2) is 23.6 Å². The molecule has 1 aromatic rings. The minimum absolute atomic E-state index is 0.212. The van der Waals surface area contributed by atoms with Gasteiger partial charge in [-0.15, -0.1) is 0 Å². The Bertz CT molecular complexity index is 579. The van der Waals surface area contributed by atoms with Crippen molar-refractivity contribution in [2.24, 2.45) is 11.7 Å². The molecule has 146 valence electrons. The molecule has 0 aliphatic rings. The first-order valence-electron chi connectivity index (χ1n) is 8.79. The van der Waals surface area contributed by atoms with Crippen LogP contribution in [0.15, 0.2) is 24.3 Å². The van der Waals surface area contributed by atoms with Crippen molar-refractivity contribution < 1.29 is 19.2 Å². The number of hydrogen-bond acceptors (Lipinski definition) is 5. The van der Waals surface area contributed by atoms with Gasteiger partial charge in [0, 0.05) is 6.54 Å². The number of carbonyl (C=O) groups excluding carboxylic acids is 2. The highest BCUT2D eigenvalue weighted by Crippen LogP contribution is 2.10. The number of rotatable bonds is 8. The zero-order valence-electron chi connectivity index (χ0n) is 16.3. The zero-order chi connectivity index (χ0) is 19.7. The molecule has 0 heterocycles. The second kappa shape index (κ2) is 10.1. The van der Waals surface area contributed by atoms with Crippen LogP contribution < -0.4 is 16.5 Å². The topological polar surface area (TPSA) is 103 Å². The zero-order valence-corrected chi connectivity index (χ0v) is 16.3. The Morgan fingerprint density at radius 2 is 1.69 bits per heavy atom. The lowest BCUT2D eigenvalue weighted by Gasteiger charge is -2.24. The predicted octanol–water partition coefficient (Wildman–Crippen LogP) is 2.63. The molecule has 7 nitrogen and oxygen atoms in total. The number of amides is 2. The fourth-order valence-electron chi connectivity index (χ4n) is 2.19. The second-order valence-electron chi connectivity index (χ2n) is 7.60. The van der Waals surface area contributed by atoms with Gasteiger partial charge < -0.3 is 15.8 Å². The molecule has 0 spiro atoms. The summed E-state index contributed by atoms with van der Waals surface area (Å²) in [4.78, 5) is 29.6. The number of hydrogen-bond donors (Lipinski definition) is 3. The highest BCUT2D eigenvalue weighted by molar-refractivity contribution is 5.84. The maximum Gasteiger partial charge on any atom is 0.408 e. The normalized spacial score (nSPS) is 12.6. The van der Waals surface area contributed by atoms with Crippen LogP contribution in [-0.2, 0) is 27.5 Å². The molecule has 1 atom stereocenters. The number of nitrogens with one attached hydrogen (secondary N) is 2. The molecule has 1 aromatic carbocycles. The lowest BCUT2D eigenvalue weighted by molar-refractivity contribution is -0.137. The van der Waals surface area contributed by atoms with E-state index in [0.29, 0.717) is 13.0 Å². The standard InChI is InChI=1S/C19H31N3O4/c1-13(2)10-16(21-18(24)26-19(3,4)5)17(23)22-25-12-15-8-6-14(11-20)7-9-15/h6-9,13,16H,10-12,20H2,1-5H3,(H,21,24)(H,22,23)/t16-/m1/s1. The van der Waals surface area contributed by atoms with Crippen LogP contribution >= 0.6 is 0 Å². The monoisotopic (exact) mass is 365 g/mol. The smallest absolute Gasteiger partial charge is 0.408 e. The van der Waals surface area contributed by atoms with E-state index >= 15 is 0 Å². The lowest BCUT2D eigenvalue weighted by Crippen LogP contribution is -2.48. The van der Waals surface area contributed by atoms with Crippen molar-refractivity contribution in [3.05, 3.63) is 35.4 Å². The minimum Gasteiger partial charge on any atom is -0.444 e. The largest absolute Gasteiger partial charge is 0.444 e. The fraction of sp³-hybridized carbons (Fsp3) is 0.579. The van der Waals surface area contributed by atoms with Gasteiger partial charge in [0.25, 0.3) is 5.91 Å². The Hall–Kier alpha value is -2.12. The number of benzene rings is 1. The van der Waals surface area contributed by atoms with Crippen LogP contribution in [0.2, 0.25) is 0 Å². The molecular formula is C19H31N3O4. The van der Waals surface area contributed by atoms with E-state index in [1.807, 2.05) is 38.1 Å². The van der Waals surface area contributed by atoms with Crippen molar-refractivity contribution in [2.75, 3.05) is 0 Å². The van der Waals surface area contributed by atoms with E-state index in [1.54, 1.807) is 20.8 Å². The summed E-state index contributed by atoms with van der Waals surface area (Å²) in [6.07, 6.45) is -0.157. The van der Waals surface area contributed by atoms with Gasteiger partial charge in [-0.3, -0.25) is 9.63 Å². The Labute approximate surface area is 155 Å². The van der Waals surface area contributed by atoms with Gasteiger partial charge in [0.15, 0.2) is 0 Å². The van der Waals surface area contributed by atoms with Gasteiger partial charge >= 0.3 is 6.09 Å². The molecule has 0 radical (unpaired) electrons. The van der Waals surface area contributed by atoms with Gasteiger partial charge in [-0.25, -0.2) is 10.3 Å². The predicted molar refractivity (Wildman–Crippen MR) is 99.9 cm³/mol. The molecule has 0 aromatic heterocycles. The van der Waals surface area contributed by atoms with Gasteiger partial charge in [0.05, 0.1) is 6.61 Å². The summed E-state index contributed by atoms with van der Waals surface area (Å²) in [7, 11) is 0. The summed E-state index contributed by atoms with van der Waals surface area (Å²) >= 11 is 0. The van der Waals surface area contributed by atoms with E-state index in [0.717, 1.165) is 11.1 Å². The lowest BCUT2D eigenvalue weighted by atomic mass is 10.0. The van der Waals surface area contributed by atoms with Crippen molar-refractivity contribution >= 4 is 12.0 Å². The van der Waals surface area contributed by atoms with Gasteiger partial charge in [0.1, 0.15) is 11.6 Å². The second-order valence-corrected chi connectivity index (χ2v) is 7.60. The first-order valence-corrected chi connectivity index (χ1v) is 8.79. The number of carbonyl (C=O) groups is 2. The van der Waals surface area contributed by atoms with Crippen molar-refractivity contribution in [1.82, 2.24) is 10.8 Å². The molecule has 2 amide bonds. The van der Waals surface area contributed by atoms with Crippen molar-refractivity contribution in [1.29, 1.82) is 0 Å². The summed E-state index contributed by atoms with van der Waals surface area (Å²) in [6.45, 7) is 9.94. The average molecular weight is 365 g/mol. The number of alkyl carbamates (subject to hydrolysis) is 1. The Kier molecular flexibility index (Phi) is 8.54. The van der Waals surface area contributed by atoms with Crippen LogP contribution in [0, 0.1) is 5.92 Å². The molecule has 1 rings (SSSR count). The van der Waals surface area contributed by atoms with E-state index in [9.17, 15) is 9.59 Å². The minimum atomic E-state index is -0.732. The highest BCUT2D eigenvalue weighted by Gasteiger charge is 2.25. The maximum absolute atomic E-state index is 12.3. The highest BCUT2D eigenvalue weighted by atomic mass is 16.7. The fourth-order valence-corrected chi connectivity index (χ4v) is 2.19. The molecule has 0 aliphatic heterocycles. The van der Waals surface area contributed by atoms with Crippen LogP contribution in [0.5, 0.6) is 0 Å². The summed E-state index contributed by atoms with van der Waals surface area (Å²) in [5, 5.41) is 2.60. The van der Waals surface area contributed by atoms with Gasteiger partial charge in [0.2, 0.25) is 0 Å². The molecule has 0 fully saturated rings. The summed E-state index contributed by atoms with van der Waals surface area (Å²) in [5.74, 6) is -0.201. The third kappa shape index (κ3) is 8.82. The van der Waals surface area contributed by atoms with Crippen LogP contribution in [0.3, 0.4) is 0 Å². The molecular weight excluding hydrogens is 334 g/mol.